The summed E-state index contributed by atoms with van der Waals surface area (Å²) in [5.74, 6) is -0.231. The largest absolute Gasteiger partial charge is 0.206 e. The first kappa shape index (κ1) is 17.9. The van der Waals surface area contributed by atoms with Crippen molar-refractivity contribution in [1.29, 1.82) is 5.26 Å². The highest BCUT2D eigenvalue weighted by Gasteiger charge is 2.08. The lowest BCUT2D eigenvalue weighted by Crippen LogP contribution is -1.89. The third-order valence-electron chi connectivity index (χ3n) is 4.65. The first-order chi connectivity index (χ1) is 12.7. The monoisotopic (exact) mass is 343 g/mol. The molecule has 0 aliphatic carbocycles. The first-order valence-electron chi connectivity index (χ1n) is 9.10. The van der Waals surface area contributed by atoms with Gasteiger partial charge in [0, 0.05) is 5.56 Å². The van der Waals surface area contributed by atoms with Crippen LogP contribution >= 0.6 is 0 Å². The predicted molar refractivity (Wildman–Crippen MR) is 105 cm³/mol. The number of hydrogen-bond donors (Lipinski definition) is 0. The molecule has 0 aliphatic rings. The van der Waals surface area contributed by atoms with Crippen molar-refractivity contribution < 1.29 is 4.39 Å². The summed E-state index contributed by atoms with van der Waals surface area (Å²) in [7, 11) is 0. The van der Waals surface area contributed by atoms with Crippen LogP contribution in [0.15, 0.2) is 66.7 Å². The zero-order valence-electron chi connectivity index (χ0n) is 15.0. The van der Waals surface area contributed by atoms with E-state index in [1.807, 2.05) is 36.4 Å². The summed E-state index contributed by atoms with van der Waals surface area (Å²) < 4.78 is 14.7. The van der Waals surface area contributed by atoms with Gasteiger partial charge >= 0.3 is 0 Å². The summed E-state index contributed by atoms with van der Waals surface area (Å²) in [5, 5.41) is 8.88. The molecule has 0 radical (unpaired) electrons. The Kier molecular flexibility index (Phi) is 5.81. The van der Waals surface area contributed by atoms with Gasteiger partial charge in [-0.2, -0.15) is 5.26 Å². The van der Waals surface area contributed by atoms with Crippen LogP contribution in [-0.4, -0.2) is 0 Å². The van der Waals surface area contributed by atoms with Gasteiger partial charge in [0.2, 0.25) is 0 Å². The summed E-state index contributed by atoms with van der Waals surface area (Å²) in [6.45, 7) is 2.20. The average Bonchev–Trinajstić information content (AvgIpc) is 2.69. The highest BCUT2D eigenvalue weighted by molar-refractivity contribution is 5.71. The van der Waals surface area contributed by atoms with E-state index in [0.717, 1.165) is 23.1 Å². The second-order valence-corrected chi connectivity index (χ2v) is 6.54. The number of aryl methyl sites for hydroxylation is 1. The molecule has 0 atom stereocenters. The summed E-state index contributed by atoms with van der Waals surface area (Å²) >= 11 is 0. The molecule has 2 heteroatoms. The molecule has 0 fully saturated rings. The molecule has 3 aromatic rings. The highest BCUT2D eigenvalue weighted by atomic mass is 19.1. The molecule has 0 spiro atoms. The third kappa shape index (κ3) is 4.18. The number of rotatable bonds is 6. The van der Waals surface area contributed by atoms with Crippen LogP contribution in [0.25, 0.3) is 22.3 Å². The molecule has 0 heterocycles. The molecule has 1 nitrogen and oxygen atoms in total. The van der Waals surface area contributed by atoms with Crippen molar-refractivity contribution in [2.24, 2.45) is 0 Å². The van der Waals surface area contributed by atoms with Crippen LogP contribution in [0.4, 0.5) is 4.39 Å². The average molecular weight is 343 g/mol. The van der Waals surface area contributed by atoms with Crippen LogP contribution in [0, 0.1) is 17.1 Å². The van der Waals surface area contributed by atoms with Gasteiger partial charge < -0.3 is 0 Å². The second kappa shape index (κ2) is 8.45. The van der Waals surface area contributed by atoms with Crippen molar-refractivity contribution in [1.82, 2.24) is 0 Å². The number of nitrogens with zero attached hydrogens (tertiary/aromatic N) is 1. The standard InChI is InChI=1S/C24H22FN/c1-2-3-4-5-18-6-12-21(13-7-18)23-15-14-22(16-24(23)25)20-10-8-19(17-26)9-11-20/h6-16H,2-5H2,1H3. The van der Waals surface area contributed by atoms with Gasteiger partial charge in [-0.25, -0.2) is 4.39 Å². The van der Waals surface area contributed by atoms with Crippen LogP contribution in [-0.2, 0) is 6.42 Å². The first-order valence-corrected chi connectivity index (χ1v) is 9.10. The van der Waals surface area contributed by atoms with Crippen molar-refractivity contribution in [2.45, 2.75) is 32.6 Å². The molecular formula is C24H22FN. The maximum absolute atomic E-state index is 14.7. The molecular weight excluding hydrogens is 321 g/mol. The molecule has 0 saturated heterocycles. The number of unbranched alkanes of at least 4 members (excludes halogenated alkanes) is 2. The molecule has 0 bridgehead atoms. The Labute approximate surface area is 154 Å². The number of nitriles is 1. The Bertz CT molecular complexity index is 902. The zero-order valence-corrected chi connectivity index (χ0v) is 15.0. The molecule has 3 rings (SSSR count). The van der Waals surface area contributed by atoms with E-state index in [1.54, 1.807) is 18.2 Å². The Balaban J connectivity index is 1.79. The van der Waals surface area contributed by atoms with Crippen molar-refractivity contribution >= 4 is 0 Å². The Morgan fingerprint density at radius 2 is 1.46 bits per heavy atom. The van der Waals surface area contributed by atoms with Crippen LogP contribution in [0.1, 0.15) is 37.3 Å². The fourth-order valence-corrected chi connectivity index (χ4v) is 3.10. The van der Waals surface area contributed by atoms with Crippen LogP contribution in [0.3, 0.4) is 0 Å². The van der Waals surface area contributed by atoms with Crippen LogP contribution in [0.5, 0.6) is 0 Å². The van der Waals surface area contributed by atoms with Crippen LogP contribution in [0.2, 0.25) is 0 Å². The van der Waals surface area contributed by atoms with Gasteiger partial charge in [0.05, 0.1) is 11.6 Å². The van der Waals surface area contributed by atoms with Gasteiger partial charge in [-0.05, 0) is 53.3 Å². The molecule has 0 saturated carbocycles. The lowest BCUT2D eigenvalue weighted by molar-refractivity contribution is 0.632. The van der Waals surface area contributed by atoms with Crippen LogP contribution < -0.4 is 0 Å². The molecule has 0 amide bonds. The van der Waals surface area contributed by atoms with E-state index in [9.17, 15) is 4.39 Å². The van der Waals surface area contributed by atoms with Gasteiger partial charge in [-0.15, -0.1) is 0 Å². The van der Waals surface area contributed by atoms with Crippen molar-refractivity contribution in [3.63, 3.8) is 0 Å². The molecule has 130 valence electrons. The summed E-state index contributed by atoms with van der Waals surface area (Å²) in [5.41, 5.74) is 5.13. The predicted octanol–water partition coefficient (Wildman–Crippen LogP) is 6.76. The van der Waals surface area contributed by atoms with Gasteiger partial charge in [0.15, 0.2) is 0 Å². The molecule has 0 aromatic heterocycles. The maximum Gasteiger partial charge on any atom is 0.131 e. The van der Waals surface area contributed by atoms with E-state index < -0.39 is 0 Å². The molecule has 3 aromatic carbocycles. The SMILES string of the molecule is CCCCCc1ccc(-c2ccc(-c3ccc(C#N)cc3)cc2F)cc1. The summed E-state index contributed by atoms with van der Waals surface area (Å²) in [4.78, 5) is 0. The van der Waals surface area contributed by atoms with E-state index in [-0.39, 0.29) is 5.82 Å². The minimum absolute atomic E-state index is 0.231. The minimum Gasteiger partial charge on any atom is -0.206 e. The van der Waals surface area contributed by atoms with Crippen molar-refractivity contribution in [3.8, 4) is 28.3 Å². The lowest BCUT2D eigenvalue weighted by atomic mass is 9.97. The number of hydrogen-bond acceptors (Lipinski definition) is 1. The van der Waals surface area contributed by atoms with E-state index in [4.69, 9.17) is 5.26 Å². The van der Waals surface area contributed by atoms with Gasteiger partial charge in [0.1, 0.15) is 5.82 Å². The Morgan fingerprint density at radius 1 is 0.808 bits per heavy atom. The summed E-state index contributed by atoms with van der Waals surface area (Å²) in [6.07, 6.45) is 4.74. The van der Waals surface area contributed by atoms with Gasteiger partial charge in [-0.3, -0.25) is 0 Å². The second-order valence-electron chi connectivity index (χ2n) is 6.54. The maximum atomic E-state index is 14.7. The number of benzene rings is 3. The molecule has 0 unspecified atom stereocenters. The molecule has 0 aliphatic heterocycles. The Morgan fingerprint density at radius 3 is 2.08 bits per heavy atom. The zero-order chi connectivity index (χ0) is 18.4. The Hall–Kier alpha value is -2.92. The van der Waals surface area contributed by atoms with E-state index >= 15 is 0 Å². The van der Waals surface area contributed by atoms with Gasteiger partial charge in [-0.1, -0.05) is 68.3 Å². The lowest BCUT2D eigenvalue weighted by Gasteiger charge is -2.08. The highest BCUT2D eigenvalue weighted by Crippen LogP contribution is 2.28. The third-order valence-corrected chi connectivity index (χ3v) is 4.65. The molecule has 26 heavy (non-hydrogen) atoms. The quantitative estimate of drug-likeness (QED) is 0.453. The number of halogens is 1. The van der Waals surface area contributed by atoms with E-state index in [0.29, 0.717) is 11.1 Å². The normalized spacial score (nSPS) is 10.5. The fraction of sp³-hybridized carbons (Fsp3) is 0.208. The van der Waals surface area contributed by atoms with Crippen molar-refractivity contribution in [3.05, 3.63) is 83.7 Å². The smallest absolute Gasteiger partial charge is 0.131 e. The topological polar surface area (TPSA) is 23.8 Å². The van der Waals surface area contributed by atoms with E-state index in [2.05, 4.69) is 25.1 Å². The van der Waals surface area contributed by atoms with Crippen molar-refractivity contribution in [2.75, 3.05) is 0 Å². The van der Waals surface area contributed by atoms with E-state index in [1.165, 1.54) is 24.8 Å². The molecule has 0 N–H and O–H groups in total. The summed E-state index contributed by atoms with van der Waals surface area (Å²) in [6, 6.07) is 22.8. The minimum atomic E-state index is -0.231. The van der Waals surface area contributed by atoms with Gasteiger partial charge in [0.25, 0.3) is 0 Å². The fourth-order valence-electron chi connectivity index (χ4n) is 3.10.